The molecule has 0 saturated carbocycles. The fourth-order valence-corrected chi connectivity index (χ4v) is 3.63. The number of methoxy groups -OCH3 is 2. The molecule has 2 aromatic rings. The van der Waals surface area contributed by atoms with Gasteiger partial charge in [-0.2, -0.15) is 0 Å². The van der Waals surface area contributed by atoms with Crippen LogP contribution in [0.15, 0.2) is 48.5 Å². The van der Waals surface area contributed by atoms with Gasteiger partial charge in [0.05, 0.1) is 25.8 Å². The first kappa shape index (κ1) is 21.6. The van der Waals surface area contributed by atoms with Gasteiger partial charge in [0.1, 0.15) is 11.8 Å². The third kappa shape index (κ3) is 4.91. The molecular formula is C22H23ClN2O5. The van der Waals surface area contributed by atoms with Crippen LogP contribution >= 0.6 is 11.6 Å². The van der Waals surface area contributed by atoms with Crippen LogP contribution in [0, 0.1) is 5.92 Å². The maximum atomic E-state index is 12.9. The summed E-state index contributed by atoms with van der Waals surface area (Å²) in [5.74, 6) is -1.24. The maximum Gasteiger partial charge on any atom is 0.328 e. The number of anilines is 1. The summed E-state index contributed by atoms with van der Waals surface area (Å²) in [4.78, 5) is 39.1. The van der Waals surface area contributed by atoms with Gasteiger partial charge in [0, 0.05) is 24.4 Å². The quantitative estimate of drug-likeness (QED) is 0.682. The molecule has 1 saturated heterocycles. The maximum absolute atomic E-state index is 12.9. The van der Waals surface area contributed by atoms with Crippen molar-refractivity contribution in [1.29, 1.82) is 0 Å². The standard InChI is InChI=1S/C22H23ClN2O5/c1-29-19-9-8-16(23)12-18(19)25-13-15(11-20(25)26)21(27)24-17(22(28)30-2)10-14-6-4-3-5-7-14/h3-9,12,15,17H,10-11,13H2,1-2H3,(H,24,27)/t15-,17-/m1/s1. The molecule has 0 aromatic heterocycles. The van der Waals surface area contributed by atoms with Crippen molar-refractivity contribution in [2.75, 3.05) is 25.7 Å². The molecule has 0 radical (unpaired) electrons. The minimum atomic E-state index is -0.838. The van der Waals surface area contributed by atoms with Crippen LogP contribution in [0.2, 0.25) is 5.02 Å². The van der Waals surface area contributed by atoms with Gasteiger partial charge in [-0.25, -0.2) is 4.79 Å². The summed E-state index contributed by atoms with van der Waals surface area (Å²) in [6.45, 7) is 0.167. The number of esters is 1. The van der Waals surface area contributed by atoms with E-state index < -0.39 is 17.9 Å². The second kappa shape index (κ2) is 9.63. The molecular weight excluding hydrogens is 408 g/mol. The largest absolute Gasteiger partial charge is 0.495 e. The van der Waals surface area contributed by atoms with E-state index in [1.165, 1.54) is 19.1 Å². The van der Waals surface area contributed by atoms with Crippen LogP contribution in [0.3, 0.4) is 0 Å². The summed E-state index contributed by atoms with van der Waals surface area (Å²) in [5.41, 5.74) is 1.40. The Kier molecular flexibility index (Phi) is 6.95. The second-order valence-electron chi connectivity index (χ2n) is 7.00. The highest BCUT2D eigenvalue weighted by molar-refractivity contribution is 6.31. The van der Waals surface area contributed by atoms with Gasteiger partial charge in [-0.15, -0.1) is 0 Å². The van der Waals surface area contributed by atoms with Crippen LogP contribution in [-0.4, -0.2) is 44.6 Å². The third-order valence-electron chi connectivity index (χ3n) is 5.01. The normalized spacial score (nSPS) is 16.8. The summed E-state index contributed by atoms with van der Waals surface area (Å²) in [6.07, 6.45) is 0.326. The molecule has 1 aliphatic rings. The van der Waals surface area contributed by atoms with Gasteiger partial charge in [-0.3, -0.25) is 9.59 Å². The Morgan fingerprint density at radius 3 is 2.60 bits per heavy atom. The molecule has 2 amide bonds. The zero-order valence-electron chi connectivity index (χ0n) is 16.8. The van der Waals surface area contributed by atoms with E-state index in [-0.39, 0.29) is 24.8 Å². The van der Waals surface area contributed by atoms with Gasteiger partial charge >= 0.3 is 5.97 Å². The molecule has 30 heavy (non-hydrogen) atoms. The molecule has 7 nitrogen and oxygen atoms in total. The Hall–Kier alpha value is -3.06. The van der Waals surface area contributed by atoms with Gasteiger partial charge in [0.2, 0.25) is 11.8 Å². The lowest BCUT2D eigenvalue weighted by Gasteiger charge is -2.21. The van der Waals surface area contributed by atoms with Crippen molar-refractivity contribution in [3.05, 3.63) is 59.1 Å². The summed E-state index contributed by atoms with van der Waals surface area (Å²) in [6, 6.07) is 13.5. The minimum absolute atomic E-state index is 0.0285. The van der Waals surface area contributed by atoms with Gasteiger partial charge in [-0.05, 0) is 23.8 Å². The molecule has 2 aromatic carbocycles. The lowest BCUT2D eigenvalue weighted by atomic mass is 10.0. The monoisotopic (exact) mass is 430 g/mol. The van der Waals surface area contributed by atoms with Crippen molar-refractivity contribution in [1.82, 2.24) is 5.32 Å². The predicted molar refractivity (Wildman–Crippen MR) is 113 cm³/mol. The molecule has 1 heterocycles. The molecule has 0 spiro atoms. The van der Waals surface area contributed by atoms with Crippen molar-refractivity contribution in [2.24, 2.45) is 5.92 Å². The van der Waals surface area contributed by atoms with Gasteiger partial charge in [0.15, 0.2) is 0 Å². The lowest BCUT2D eigenvalue weighted by molar-refractivity contribution is -0.145. The molecule has 158 valence electrons. The van der Waals surface area contributed by atoms with Crippen molar-refractivity contribution in [3.8, 4) is 5.75 Å². The number of rotatable bonds is 7. The molecule has 0 aliphatic carbocycles. The molecule has 1 aliphatic heterocycles. The highest BCUT2D eigenvalue weighted by Crippen LogP contribution is 2.35. The van der Waals surface area contributed by atoms with Crippen molar-refractivity contribution < 1.29 is 23.9 Å². The van der Waals surface area contributed by atoms with E-state index in [0.29, 0.717) is 22.9 Å². The summed E-state index contributed by atoms with van der Waals surface area (Å²) in [7, 11) is 2.78. The Labute approximate surface area is 179 Å². The lowest BCUT2D eigenvalue weighted by Crippen LogP contribution is -2.46. The van der Waals surface area contributed by atoms with Crippen LogP contribution < -0.4 is 15.0 Å². The third-order valence-corrected chi connectivity index (χ3v) is 5.25. The Balaban J connectivity index is 1.73. The molecule has 8 heteroatoms. The van der Waals surface area contributed by atoms with Crippen LogP contribution in [0.25, 0.3) is 0 Å². The summed E-state index contributed by atoms with van der Waals surface area (Å²) >= 11 is 6.07. The first-order valence-electron chi connectivity index (χ1n) is 9.49. The number of nitrogens with zero attached hydrogens (tertiary/aromatic N) is 1. The van der Waals surface area contributed by atoms with Crippen LogP contribution in [-0.2, 0) is 25.5 Å². The Bertz CT molecular complexity index is 934. The van der Waals surface area contributed by atoms with E-state index in [4.69, 9.17) is 21.1 Å². The zero-order chi connectivity index (χ0) is 21.7. The number of halogens is 1. The molecule has 2 atom stereocenters. The number of nitrogens with one attached hydrogen (secondary N) is 1. The predicted octanol–water partition coefficient (Wildman–Crippen LogP) is 2.60. The number of benzene rings is 2. The Morgan fingerprint density at radius 1 is 1.20 bits per heavy atom. The number of amides is 2. The van der Waals surface area contributed by atoms with Gasteiger partial charge < -0.3 is 19.7 Å². The Morgan fingerprint density at radius 2 is 1.93 bits per heavy atom. The SMILES string of the molecule is COC(=O)[C@@H](Cc1ccccc1)NC(=O)[C@@H]1CC(=O)N(c2cc(Cl)ccc2OC)C1. The zero-order valence-corrected chi connectivity index (χ0v) is 17.5. The fraction of sp³-hybridized carbons (Fsp3) is 0.318. The number of ether oxygens (including phenoxy) is 2. The molecule has 1 fully saturated rings. The molecule has 3 rings (SSSR count). The van der Waals surface area contributed by atoms with Crippen molar-refractivity contribution >= 4 is 35.1 Å². The van der Waals surface area contributed by atoms with Crippen LogP contribution in [0.4, 0.5) is 5.69 Å². The molecule has 0 unspecified atom stereocenters. The second-order valence-corrected chi connectivity index (χ2v) is 7.43. The molecule has 0 bridgehead atoms. The van der Waals surface area contributed by atoms with E-state index >= 15 is 0 Å². The van der Waals surface area contributed by atoms with Crippen LogP contribution in [0.1, 0.15) is 12.0 Å². The minimum Gasteiger partial charge on any atom is -0.495 e. The van der Waals surface area contributed by atoms with Crippen molar-refractivity contribution in [3.63, 3.8) is 0 Å². The van der Waals surface area contributed by atoms with Gasteiger partial charge in [-0.1, -0.05) is 41.9 Å². The number of hydrogen-bond donors (Lipinski definition) is 1. The van der Waals surface area contributed by atoms with E-state index in [9.17, 15) is 14.4 Å². The topological polar surface area (TPSA) is 84.9 Å². The smallest absolute Gasteiger partial charge is 0.328 e. The summed E-state index contributed by atoms with van der Waals surface area (Å²) < 4.78 is 10.2. The van der Waals surface area contributed by atoms with Crippen LogP contribution in [0.5, 0.6) is 5.75 Å². The van der Waals surface area contributed by atoms with E-state index in [0.717, 1.165) is 5.56 Å². The number of carbonyl (C=O) groups excluding carboxylic acids is 3. The summed E-state index contributed by atoms with van der Waals surface area (Å²) in [5, 5.41) is 3.20. The van der Waals surface area contributed by atoms with Gasteiger partial charge in [0.25, 0.3) is 0 Å². The highest BCUT2D eigenvalue weighted by Gasteiger charge is 2.37. The first-order chi connectivity index (χ1) is 14.4. The average molecular weight is 431 g/mol. The van der Waals surface area contributed by atoms with E-state index in [2.05, 4.69) is 5.32 Å². The number of carbonyl (C=O) groups is 3. The van der Waals surface area contributed by atoms with E-state index in [1.54, 1.807) is 18.2 Å². The van der Waals surface area contributed by atoms with Crippen molar-refractivity contribution in [2.45, 2.75) is 18.9 Å². The first-order valence-corrected chi connectivity index (χ1v) is 9.86. The van der Waals surface area contributed by atoms with E-state index in [1.807, 2.05) is 30.3 Å². The molecule has 1 N–H and O–H groups in total. The highest BCUT2D eigenvalue weighted by atomic mass is 35.5. The fourth-order valence-electron chi connectivity index (χ4n) is 3.47. The number of hydrogen-bond acceptors (Lipinski definition) is 5. The average Bonchev–Trinajstić information content (AvgIpc) is 3.15.